The molecule has 104 valence electrons. The molecule has 1 fully saturated rings. The van der Waals surface area contributed by atoms with Gasteiger partial charge in [0.05, 0.1) is 11.7 Å². The molecule has 1 aromatic carbocycles. The van der Waals surface area contributed by atoms with Gasteiger partial charge in [-0.25, -0.2) is 0 Å². The Labute approximate surface area is 114 Å². The predicted octanol–water partition coefficient (Wildman–Crippen LogP) is 2.76. The summed E-state index contributed by atoms with van der Waals surface area (Å²) in [4.78, 5) is 11.9. The van der Waals surface area contributed by atoms with E-state index >= 15 is 0 Å². The number of hydrogen-bond acceptors (Lipinski definition) is 3. The first-order chi connectivity index (χ1) is 8.89. The van der Waals surface area contributed by atoms with Crippen molar-refractivity contribution in [2.45, 2.75) is 45.3 Å². The molecular formula is C15H21NO3. The molecule has 4 nitrogen and oxygen atoms in total. The van der Waals surface area contributed by atoms with E-state index in [4.69, 9.17) is 9.47 Å². The van der Waals surface area contributed by atoms with Crippen molar-refractivity contribution in [1.82, 2.24) is 5.32 Å². The molecule has 0 atom stereocenters. The van der Waals surface area contributed by atoms with Crippen molar-refractivity contribution in [2.24, 2.45) is 0 Å². The Morgan fingerprint density at radius 3 is 2.53 bits per heavy atom. The highest BCUT2D eigenvalue weighted by atomic mass is 16.5. The Morgan fingerprint density at radius 2 is 2.00 bits per heavy atom. The van der Waals surface area contributed by atoms with Gasteiger partial charge in [-0.05, 0) is 51.8 Å². The molecule has 0 unspecified atom stereocenters. The highest BCUT2D eigenvalue weighted by molar-refractivity contribution is 5.97. The van der Waals surface area contributed by atoms with Crippen molar-refractivity contribution >= 4 is 5.91 Å². The quantitative estimate of drug-likeness (QED) is 0.908. The van der Waals surface area contributed by atoms with E-state index in [1.165, 1.54) is 0 Å². The van der Waals surface area contributed by atoms with Crippen LogP contribution in [0.4, 0.5) is 0 Å². The van der Waals surface area contributed by atoms with E-state index in [0.29, 0.717) is 17.4 Å². The maximum atomic E-state index is 11.9. The van der Waals surface area contributed by atoms with Crippen molar-refractivity contribution in [3.05, 3.63) is 23.8 Å². The molecule has 0 saturated heterocycles. The van der Waals surface area contributed by atoms with E-state index in [1.54, 1.807) is 19.2 Å². The van der Waals surface area contributed by atoms with Crippen LogP contribution in [0.5, 0.6) is 11.5 Å². The third kappa shape index (κ3) is 3.88. The van der Waals surface area contributed by atoms with Gasteiger partial charge < -0.3 is 14.8 Å². The van der Waals surface area contributed by atoms with E-state index in [9.17, 15) is 4.79 Å². The van der Waals surface area contributed by atoms with Crippen LogP contribution in [0.15, 0.2) is 18.2 Å². The molecule has 0 bridgehead atoms. The molecule has 0 spiro atoms. The van der Waals surface area contributed by atoms with Gasteiger partial charge in [-0.1, -0.05) is 0 Å². The number of amides is 1. The average molecular weight is 263 g/mol. The largest absolute Gasteiger partial charge is 0.490 e. The highest BCUT2D eigenvalue weighted by Crippen LogP contribution is 2.31. The molecule has 4 heteroatoms. The van der Waals surface area contributed by atoms with Gasteiger partial charge in [0, 0.05) is 7.05 Å². The van der Waals surface area contributed by atoms with E-state index in [0.717, 1.165) is 18.6 Å². The number of carbonyl (C=O) groups excluding carboxylic acids is 1. The minimum atomic E-state index is -0.346. The first-order valence-electron chi connectivity index (χ1n) is 6.61. The number of ether oxygens (including phenoxy) is 2. The lowest BCUT2D eigenvalue weighted by Crippen LogP contribution is -2.26. The maximum absolute atomic E-state index is 11.9. The second-order valence-corrected chi connectivity index (χ2v) is 5.77. The smallest absolute Gasteiger partial charge is 0.254 e. The number of nitrogens with one attached hydrogen (secondary N) is 1. The Balaban J connectivity index is 2.27. The monoisotopic (exact) mass is 263 g/mol. The van der Waals surface area contributed by atoms with Crippen LogP contribution >= 0.6 is 0 Å². The molecule has 19 heavy (non-hydrogen) atoms. The summed E-state index contributed by atoms with van der Waals surface area (Å²) in [6, 6.07) is 5.40. The highest BCUT2D eigenvalue weighted by Gasteiger charge is 2.25. The Kier molecular flexibility index (Phi) is 3.69. The van der Waals surface area contributed by atoms with Crippen molar-refractivity contribution in [3.63, 3.8) is 0 Å². The van der Waals surface area contributed by atoms with E-state index in [-0.39, 0.29) is 11.5 Å². The molecule has 1 N–H and O–H groups in total. The van der Waals surface area contributed by atoms with Crippen LogP contribution < -0.4 is 14.8 Å². The number of rotatable bonds is 4. The zero-order valence-corrected chi connectivity index (χ0v) is 11.9. The first-order valence-corrected chi connectivity index (χ1v) is 6.61. The number of benzene rings is 1. The Morgan fingerprint density at radius 1 is 1.32 bits per heavy atom. The lowest BCUT2D eigenvalue weighted by atomic mass is 10.1. The van der Waals surface area contributed by atoms with Gasteiger partial charge >= 0.3 is 0 Å². The van der Waals surface area contributed by atoms with Crippen LogP contribution in [0, 0.1) is 0 Å². The van der Waals surface area contributed by atoms with Crippen LogP contribution in [0.3, 0.4) is 0 Å². The van der Waals surface area contributed by atoms with Gasteiger partial charge in [-0.2, -0.15) is 0 Å². The van der Waals surface area contributed by atoms with Crippen molar-refractivity contribution in [3.8, 4) is 11.5 Å². The molecule has 0 radical (unpaired) electrons. The van der Waals surface area contributed by atoms with Crippen LogP contribution in [0.2, 0.25) is 0 Å². The van der Waals surface area contributed by atoms with Crippen molar-refractivity contribution in [1.29, 1.82) is 0 Å². The topological polar surface area (TPSA) is 47.6 Å². The minimum absolute atomic E-state index is 0.166. The standard InChI is InChI=1S/C15H21NO3/c1-15(2,3)19-13-8-7-11(18-10-5-6-10)9-12(13)14(17)16-4/h7-10H,5-6H2,1-4H3,(H,16,17). The Bertz CT molecular complexity index is 473. The van der Waals surface area contributed by atoms with Crippen LogP contribution in [0.1, 0.15) is 44.0 Å². The van der Waals surface area contributed by atoms with Gasteiger partial charge in [0.15, 0.2) is 0 Å². The van der Waals surface area contributed by atoms with Crippen LogP contribution in [0.25, 0.3) is 0 Å². The fourth-order valence-corrected chi connectivity index (χ4v) is 1.69. The van der Waals surface area contributed by atoms with Gasteiger partial charge in [0.1, 0.15) is 17.1 Å². The zero-order chi connectivity index (χ0) is 14.0. The molecule has 1 aromatic rings. The van der Waals surface area contributed by atoms with Crippen LogP contribution in [-0.2, 0) is 0 Å². The fraction of sp³-hybridized carbons (Fsp3) is 0.533. The van der Waals surface area contributed by atoms with Crippen molar-refractivity contribution < 1.29 is 14.3 Å². The summed E-state index contributed by atoms with van der Waals surface area (Å²) in [5.74, 6) is 1.14. The zero-order valence-electron chi connectivity index (χ0n) is 11.9. The lowest BCUT2D eigenvalue weighted by molar-refractivity contribution is 0.0941. The lowest BCUT2D eigenvalue weighted by Gasteiger charge is -2.23. The number of hydrogen-bond donors (Lipinski definition) is 1. The van der Waals surface area contributed by atoms with E-state index in [2.05, 4.69) is 5.32 Å². The third-order valence-electron chi connectivity index (χ3n) is 2.67. The summed E-state index contributed by atoms with van der Waals surface area (Å²) in [6.45, 7) is 5.86. The SMILES string of the molecule is CNC(=O)c1cc(OC2CC2)ccc1OC(C)(C)C. The molecule has 0 heterocycles. The first kappa shape index (κ1) is 13.7. The predicted molar refractivity (Wildman–Crippen MR) is 73.9 cm³/mol. The normalized spacial score (nSPS) is 14.9. The summed E-state index contributed by atoms with van der Waals surface area (Å²) in [7, 11) is 1.61. The Hall–Kier alpha value is -1.71. The van der Waals surface area contributed by atoms with Gasteiger partial charge in [0.2, 0.25) is 0 Å². The minimum Gasteiger partial charge on any atom is -0.490 e. The van der Waals surface area contributed by atoms with Crippen LogP contribution in [-0.4, -0.2) is 24.7 Å². The molecule has 1 saturated carbocycles. The van der Waals surface area contributed by atoms with Crippen molar-refractivity contribution in [2.75, 3.05) is 7.05 Å². The van der Waals surface area contributed by atoms with Gasteiger partial charge in [-0.3, -0.25) is 4.79 Å². The number of carbonyl (C=O) groups is 1. The van der Waals surface area contributed by atoms with Gasteiger partial charge in [0.25, 0.3) is 5.91 Å². The molecule has 1 aliphatic carbocycles. The summed E-state index contributed by atoms with van der Waals surface area (Å²) in [5.41, 5.74) is 0.164. The average Bonchev–Trinajstić information content (AvgIpc) is 3.12. The summed E-state index contributed by atoms with van der Waals surface area (Å²) in [5, 5.41) is 2.63. The molecular weight excluding hydrogens is 242 g/mol. The molecule has 0 aliphatic heterocycles. The second kappa shape index (κ2) is 5.11. The molecule has 2 rings (SSSR count). The summed E-state index contributed by atoms with van der Waals surface area (Å²) < 4.78 is 11.5. The molecule has 1 amide bonds. The van der Waals surface area contributed by atoms with Gasteiger partial charge in [-0.15, -0.1) is 0 Å². The summed E-state index contributed by atoms with van der Waals surface area (Å²) >= 11 is 0. The maximum Gasteiger partial charge on any atom is 0.254 e. The fourth-order valence-electron chi connectivity index (χ4n) is 1.69. The van der Waals surface area contributed by atoms with E-state index < -0.39 is 0 Å². The molecule has 0 aromatic heterocycles. The third-order valence-corrected chi connectivity index (χ3v) is 2.67. The summed E-state index contributed by atoms with van der Waals surface area (Å²) in [6.07, 6.45) is 2.50. The van der Waals surface area contributed by atoms with E-state index in [1.807, 2.05) is 26.8 Å². The second-order valence-electron chi connectivity index (χ2n) is 5.77. The molecule has 1 aliphatic rings.